The fourth-order valence-corrected chi connectivity index (χ4v) is 9.24. The normalized spacial score (nSPS) is 15.2. The van der Waals surface area contributed by atoms with Gasteiger partial charge in [0.2, 0.25) is 5.96 Å². The van der Waals surface area contributed by atoms with E-state index >= 15 is 0 Å². The van der Waals surface area contributed by atoms with Crippen molar-refractivity contribution in [3.8, 4) is 27.9 Å². The van der Waals surface area contributed by atoms with Gasteiger partial charge in [-0.25, -0.2) is 4.99 Å². The molecule has 1 aliphatic heterocycles. The number of nitrogens with zero attached hydrogens (tertiary/aromatic N) is 5. The van der Waals surface area contributed by atoms with Gasteiger partial charge in [-0.3, -0.25) is 4.99 Å². The number of benzene rings is 8. The Morgan fingerprint density at radius 2 is 1.18 bits per heavy atom. The summed E-state index contributed by atoms with van der Waals surface area (Å²) in [4.78, 5) is 17.0. The molecule has 1 aliphatic carbocycles. The van der Waals surface area contributed by atoms with Crippen molar-refractivity contribution >= 4 is 56.8 Å². The van der Waals surface area contributed by atoms with E-state index in [1.54, 1.807) is 0 Å². The van der Waals surface area contributed by atoms with Crippen LogP contribution in [0, 0.1) is 0 Å². The molecule has 0 saturated carbocycles. The Labute approximate surface area is 382 Å². The number of guanidine groups is 1. The highest BCUT2D eigenvalue weighted by Crippen LogP contribution is 2.46. The summed E-state index contributed by atoms with van der Waals surface area (Å²) in [5.74, 6) is 1.27. The molecule has 5 nitrogen and oxygen atoms in total. The average Bonchev–Trinajstić information content (AvgIpc) is 3.90. The quantitative estimate of drug-likeness (QED) is 0.121. The molecule has 0 fully saturated rings. The molecule has 2 aliphatic rings. The molecule has 2 unspecified atom stereocenters. The smallest absolute Gasteiger partial charge is 0.231 e. The summed E-state index contributed by atoms with van der Waals surface area (Å²) >= 11 is 0. The highest BCUT2D eigenvalue weighted by molar-refractivity contribution is 6.13. The number of amidine groups is 1. The second-order valence-corrected chi connectivity index (χ2v) is 15.6. The van der Waals surface area contributed by atoms with Gasteiger partial charge in [-0.05, 0) is 93.3 Å². The van der Waals surface area contributed by atoms with Crippen molar-refractivity contribution in [2.24, 2.45) is 15.0 Å². The fraction of sp³-hybridized carbons (Fsp3) is 0.117. The van der Waals surface area contributed by atoms with Gasteiger partial charge < -0.3 is 9.47 Å². The number of aliphatic imine (C=N–C) groups is 3. The van der Waals surface area contributed by atoms with Gasteiger partial charge in [-0.15, -0.1) is 0 Å². The molecule has 0 N–H and O–H groups in total. The average molecular weight is 844 g/mol. The lowest BCUT2D eigenvalue weighted by Gasteiger charge is -2.27. The molecule has 9 aromatic rings. The second-order valence-electron chi connectivity index (χ2n) is 15.6. The maximum Gasteiger partial charge on any atom is 0.231 e. The molecule has 2 heterocycles. The van der Waals surface area contributed by atoms with E-state index in [0.717, 1.165) is 22.5 Å². The first-order chi connectivity index (χ1) is 32.2. The number of allylic oxidation sites excluding steroid dienone is 2. The van der Waals surface area contributed by atoms with Gasteiger partial charge >= 0.3 is 0 Å². The van der Waals surface area contributed by atoms with Crippen molar-refractivity contribution in [1.82, 2.24) is 4.57 Å². The third-order valence-corrected chi connectivity index (χ3v) is 12.1. The van der Waals surface area contributed by atoms with Crippen molar-refractivity contribution in [2.45, 2.75) is 46.2 Å². The van der Waals surface area contributed by atoms with Crippen molar-refractivity contribution in [1.29, 1.82) is 0 Å². The summed E-state index contributed by atoms with van der Waals surface area (Å²) in [6.45, 7) is 12.5. The molecule has 11 rings (SSSR count). The van der Waals surface area contributed by atoms with E-state index in [2.05, 4.69) is 185 Å². The zero-order chi connectivity index (χ0) is 44.7. The largest absolute Gasteiger partial charge is 0.309 e. The predicted molar refractivity (Wildman–Crippen MR) is 279 cm³/mol. The van der Waals surface area contributed by atoms with Crippen LogP contribution in [-0.4, -0.2) is 29.1 Å². The van der Waals surface area contributed by atoms with Gasteiger partial charge in [-0.1, -0.05) is 198 Å². The summed E-state index contributed by atoms with van der Waals surface area (Å²) in [5.41, 5.74) is 12.6. The Bertz CT molecular complexity index is 3240. The molecule has 0 radical (unpaired) electrons. The Hall–Kier alpha value is -7.89. The van der Waals surface area contributed by atoms with Gasteiger partial charge in [0.1, 0.15) is 0 Å². The first-order valence-electron chi connectivity index (χ1n) is 22.8. The van der Waals surface area contributed by atoms with E-state index in [9.17, 15) is 0 Å². The number of anilines is 1. The predicted octanol–water partition coefficient (Wildman–Crippen LogP) is 15.4. The van der Waals surface area contributed by atoms with Crippen LogP contribution in [0.5, 0.6) is 0 Å². The molecule has 0 spiro atoms. The van der Waals surface area contributed by atoms with Crippen LogP contribution in [0.3, 0.4) is 0 Å². The van der Waals surface area contributed by atoms with Gasteiger partial charge in [0.15, 0.2) is 5.84 Å². The molecule has 0 saturated heterocycles. The Morgan fingerprint density at radius 1 is 0.554 bits per heavy atom. The molecular weight excluding hydrogens is 791 g/mol. The summed E-state index contributed by atoms with van der Waals surface area (Å²) < 4.78 is 2.39. The molecule has 8 aromatic carbocycles. The molecule has 0 amide bonds. The summed E-state index contributed by atoms with van der Waals surface area (Å²) in [7, 11) is 0. The molecule has 2 atom stereocenters. The van der Waals surface area contributed by atoms with Gasteiger partial charge in [0.05, 0.1) is 23.6 Å². The molecule has 318 valence electrons. The lowest BCUT2D eigenvalue weighted by Crippen LogP contribution is -2.37. The number of hydrogen-bond acceptors (Lipinski definition) is 1. The van der Waals surface area contributed by atoms with Crippen LogP contribution in [0.4, 0.5) is 5.69 Å². The minimum atomic E-state index is -0.00176. The first-order valence-corrected chi connectivity index (χ1v) is 22.8. The van der Waals surface area contributed by atoms with Crippen LogP contribution in [0.2, 0.25) is 0 Å². The number of fused-ring (bicyclic) bond motifs is 7. The molecular formula is C60H53N5. The van der Waals surface area contributed by atoms with Crippen molar-refractivity contribution in [3.63, 3.8) is 0 Å². The monoisotopic (exact) mass is 843 g/mol. The third kappa shape index (κ3) is 8.13. The van der Waals surface area contributed by atoms with Crippen LogP contribution < -0.4 is 4.90 Å². The lowest BCUT2D eigenvalue weighted by atomic mass is 9.89. The topological polar surface area (TPSA) is 45.2 Å². The second kappa shape index (κ2) is 19.2. The number of aromatic nitrogens is 1. The van der Waals surface area contributed by atoms with Crippen molar-refractivity contribution in [2.75, 3.05) is 4.90 Å². The summed E-state index contributed by atoms with van der Waals surface area (Å²) in [6, 6.07) is 66.9. The van der Waals surface area contributed by atoms with E-state index in [1.165, 1.54) is 60.4 Å². The van der Waals surface area contributed by atoms with E-state index < -0.39 is 0 Å². The Morgan fingerprint density at radius 3 is 1.97 bits per heavy atom. The third-order valence-electron chi connectivity index (χ3n) is 12.1. The first kappa shape index (κ1) is 42.4. The summed E-state index contributed by atoms with van der Waals surface area (Å²) in [6.07, 6.45) is 8.79. The standard InChI is InChI=1S/C56H41N5.2C2H6/c1-57-56(59-55(41-18-6-3-7-19-41)58-37-38-15-4-2-5-16-38)61-52-26-13-11-23-48(52)50-36-43(30-34-54(50)61)42-29-33-53-49(35-42)47-22-10-12-25-51(47)60(53)44-31-27-40(28-32-44)46-24-14-20-39-17-8-9-21-45(39)46;2*1-2/h2-36,48,52H,1,37H2;2*1-2H3. The van der Waals surface area contributed by atoms with Crippen LogP contribution in [-0.2, 0) is 6.54 Å². The number of rotatable bonds is 6. The van der Waals surface area contributed by atoms with Crippen LogP contribution in [0.25, 0.3) is 60.5 Å². The summed E-state index contributed by atoms with van der Waals surface area (Å²) in [5, 5.41) is 4.96. The van der Waals surface area contributed by atoms with E-state index in [0.29, 0.717) is 18.3 Å². The van der Waals surface area contributed by atoms with Gasteiger partial charge in [0.25, 0.3) is 0 Å². The maximum absolute atomic E-state index is 5.16. The van der Waals surface area contributed by atoms with Gasteiger partial charge in [0, 0.05) is 33.6 Å². The minimum absolute atomic E-state index is 0.00176. The van der Waals surface area contributed by atoms with E-state index in [1.807, 2.05) is 76.2 Å². The van der Waals surface area contributed by atoms with Crippen LogP contribution >= 0.6 is 0 Å². The molecule has 1 aromatic heterocycles. The van der Waals surface area contributed by atoms with Crippen LogP contribution in [0.1, 0.15) is 50.3 Å². The van der Waals surface area contributed by atoms with Crippen molar-refractivity contribution < 1.29 is 0 Å². The maximum atomic E-state index is 5.16. The lowest BCUT2D eigenvalue weighted by molar-refractivity contribution is 0.753. The zero-order valence-corrected chi connectivity index (χ0v) is 37.5. The minimum Gasteiger partial charge on any atom is -0.309 e. The molecule has 0 bridgehead atoms. The number of hydrogen-bond donors (Lipinski definition) is 0. The van der Waals surface area contributed by atoms with Gasteiger partial charge in [-0.2, -0.15) is 4.99 Å². The van der Waals surface area contributed by atoms with Crippen LogP contribution in [0.15, 0.2) is 227 Å². The van der Waals surface area contributed by atoms with E-state index in [-0.39, 0.29) is 12.0 Å². The van der Waals surface area contributed by atoms with E-state index in [4.69, 9.17) is 9.98 Å². The molecule has 5 heteroatoms. The zero-order valence-electron chi connectivity index (χ0n) is 37.5. The fourth-order valence-electron chi connectivity index (χ4n) is 9.24. The highest BCUT2D eigenvalue weighted by Gasteiger charge is 2.39. The van der Waals surface area contributed by atoms with Crippen molar-refractivity contribution in [3.05, 3.63) is 229 Å². The highest BCUT2D eigenvalue weighted by atomic mass is 15.3. The number of para-hydroxylation sites is 1. The SMILES string of the molecule is C=NC(=NC(=NCc1ccccc1)c1ccccc1)N1c2ccc(-c3ccc4c(c3)c3ccccc3n4-c3ccc(-c4cccc5ccccc45)cc3)cc2C2C=CC=CC21.CC.CC. The molecule has 65 heavy (non-hydrogen) atoms. The Balaban J connectivity index is 0.00000130. The Kier molecular flexibility index (Phi) is 12.6.